The highest BCUT2D eigenvalue weighted by Gasteiger charge is 2.11. The molecule has 0 spiro atoms. The predicted molar refractivity (Wildman–Crippen MR) is 114 cm³/mol. The Hall–Kier alpha value is -3.65. The van der Waals surface area contributed by atoms with E-state index in [4.69, 9.17) is 16.3 Å². The smallest absolute Gasteiger partial charge is 0.247 e. The fourth-order valence-electron chi connectivity index (χ4n) is 2.42. The second-order valence-corrected chi connectivity index (χ2v) is 6.38. The Morgan fingerprint density at radius 2 is 2.00 bits per heavy atom. The molecule has 29 heavy (non-hydrogen) atoms. The molecule has 0 atom stereocenters. The van der Waals surface area contributed by atoms with Gasteiger partial charge in [-0.15, -0.1) is 0 Å². The molecule has 0 saturated carbocycles. The lowest BCUT2D eigenvalue weighted by atomic mass is 10.2. The lowest BCUT2D eigenvalue weighted by Gasteiger charge is -2.14. The number of hydrogen-bond acceptors (Lipinski definition) is 7. The van der Waals surface area contributed by atoms with E-state index in [1.165, 1.54) is 19.4 Å². The van der Waals surface area contributed by atoms with E-state index in [-0.39, 0.29) is 5.91 Å². The first-order chi connectivity index (χ1) is 14.0. The number of aromatic nitrogens is 3. The minimum absolute atomic E-state index is 0.318. The van der Waals surface area contributed by atoms with Gasteiger partial charge in [0.2, 0.25) is 17.7 Å². The Bertz CT molecular complexity index is 1060. The number of rotatable bonds is 7. The molecule has 2 heterocycles. The van der Waals surface area contributed by atoms with E-state index >= 15 is 0 Å². The van der Waals surface area contributed by atoms with Crippen molar-refractivity contribution in [2.24, 2.45) is 0 Å². The summed E-state index contributed by atoms with van der Waals surface area (Å²) in [6, 6.07) is 9.04. The Kier molecular flexibility index (Phi) is 6.25. The zero-order valence-corrected chi connectivity index (χ0v) is 16.6. The molecule has 0 unspecified atom stereocenters. The van der Waals surface area contributed by atoms with Gasteiger partial charge >= 0.3 is 0 Å². The number of hydrogen-bond donors (Lipinski definition) is 3. The van der Waals surface area contributed by atoms with Crippen molar-refractivity contribution < 1.29 is 9.53 Å². The van der Waals surface area contributed by atoms with Crippen molar-refractivity contribution >= 4 is 46.3 Å². The van der Waals surface area contributed by atoms with Gasteiger partial charge in [-0.25, -0.2) is 9.97 Å². The zero-order valence-electron chi connectivity index (χ0n) is 15.9. The fraction of sp³-hybridized carbons (Fsp3) is 0.100. The number of ether oxygens (including phenoxy) is 1. The van der Waals surface area contributed by atoms with E-state index in [2.05, 4.69) is 37.5 Å². The second kappa shape index (κ2) is 9.03. The summed E-state index contributed by atoms with van der Waals surface area (Å²) in [5.41, 5.74) is 2.90. The number of carbonyl (C=O) groups is 1. The molecule has 0 aliphatic carbocycles. The van der Waals surface area contributed by atoms with E-state index in [0.717, 1.165) is 5.56 Å². The molecule has 0 aliphatic rings. The van der Waals surface area contributed by atoms with Crippen molar-refractivity contribution in [3.8, 4) is 5.88 Å². The number of aryl methyl sites for hydroxylation is 1. The maximum atomic E-state index is 11.7. The van der Waals surface area contributed by atoms with Crippen molar-refractivity contribution in [3.05, 3.63) is 66.0 Å². The van der Waals surface area contributed by atoms with Crippen LogP contribution in [0.1, 0.15) is 5.56 Å². The van der Waals surface area contributed by atoms with E-state index in [1.54, 1.807) is 18.3 Å². The molecule has 0 saturated heterocycles. The standard InChI is InChI=1S/C20H19ClN6O2/c1-4-17(28)25-16-9-12(2)5-6-15(16)26-19-14(21)11-23-20(27-19)24-13-7-8-22-18(10-13)29-3/h4-11H,1H2,2-3H3,(H,25,28)(H2,22,23,24,26,27). The summed E-state index contributed by atoms with van der Waals surface area (Å²) < 4.78 is 5.11. The van der Waals surface area contributed by atoms with Crippen LogP contribution in [0.3, 0.4) is 0 Å². The van der Waals surface area contributed by atoms with Crippen LogP contribution in [0, 0.1) is 6.92 Å². The molecule has 1 aromatic carbocycles. The van der Waals surface area contributed by atoms with Crippen LogP contribution in [0.4, 0.5) is 28.8 Å². The number of pyridine rings is 1. The van der Waals surface area contributed by atoms with Crippen molar-refractivity contribution in [2.45, 2.75) is 6.92 Å². The third-order valence-corrected chi connectivity index (χ3v) is 4.09. The number of benzene rings is 1. The van der Waals surface area contributed by atoms with Crippen molar-refractivity contribution in [3.63, 3.8) is 0 Å². The molecule has 8 nitrogen and oxygen atoms in total. The average molecular weight is 411 g/mol. The van der Waals surface area contributed by atoms with E-state index < -0.39 is 0 Å². The SMILES string of the molecule is C=CC(=O)Nc1cc(C)ccc1Nc1nc(Nc2ccnc(OC)c2)ncc1Cl. The number of halogens is 1. The Morgan fingerprint density at radius 3 is 2.76 bits per heavy atom. The van der Waals surface area contributed by atoms with Crippen molar-refractivity contribution in [1.29, 1.82) is 0 Å². The molecule has 3 N–H and O–H groups in total. The molecule has 0 radical (unpaired) electrons. The topological polar surface area (TPSA) is 101 Å². The Balaban J connectivity index is 1.87. The zero-order chi connectivity index (χ0) is 20.8. The first kappa shape index (κ1) is 20.1. The molecule has 0 aliphatic heterocycles. The molecule has 0 bridgehead atoms. The predicted octanol–water partition coefficient (Wildman–Crippen LogP) is 4.45. The average Bonchev–Trinajstić information content (AvgIpc) is 2.72. The van der Waals surface area contributed by atoms with Crippen LogP contribution >= 0.6 is 11.6 Å². The molecular formula is C20H19ClN6O2. The van der Waals surface area contributed by atoms with Crippen LogP contribution in [-0.4, -0.2) is 28.0 Å². The minimum Gasteiger partial charge on any atom is -0.481 e. The van der Waals surface area contributed by atoms with Crippen LogP contribution < -0.4 is 20.7 Å². The van der Waals surface area contributed by atoms with Gasteiger partial charge in [-0.1, -0.05) is 24.2 Å². The van der Waals surface area contributed by atoms with Crippen molar-refractivity contribution in [2.75, 3.05) is 23.1 Å². The van der Waals surface area contributed by atoms with Gasteiger partial charge in [0.1, 0.15) is 5.02 Å². The maximum absolute atomic E-state index is 11.7. The first-order valence-electron chi connectivity index (χ1n) is 8.59. The quantitative estimate of drug-likeness (QED) is 0.494. The van der Waals surface area contributed by atoms with Gasteiger partial charge in [0.25, 0.3) is 0 Å². The number of nitrogens with one attached hydrogen (secondary N) is 3. The summed E-state index contributed by atoms with van der Waals surface area (Å²) in [6.45, 7) is 5.40. The van der Waals surface area contributed by atoms with E-state index in [0.29, 0.717) is 39.7 Å². The van der Waals surface area contributed by atoms with Crippen LogP contribution in [0.2, 0.25) is 5.02 Å². The third-order valence-electron chi connectivity index (χ3n) is 3.82. The van der Waals surface area contributed by atoms with Crippen LogP contribution in [-0.2, 0) is 4.79 Å². The molecule has 148 valence electrons. The summed E-state index contributed by atoms with van der Waals surface area (Å²) in [5.74, 6) is 0.850. The lowest BCUT2D eigenvalue weighted by Crippen LogP contribution is -2.10. The molecule has 3 aromatic rings. The number of anilines is 5. The molecule has 2 aromatic heterocycles. The van der Waals surface area contributed by atoms with Gasteiger partial charge in [0, 0.05) is 18.0 Å². The van der Waals surface area contributed by atoms with E-state index in [9.17, 15) is 4.79 Å². The maximum Gasteiger partial charge on any atom is 0.247 e. The summed E-state index contributed by atoms with van der Waals surface area (Å²) in [7, 11) is 1.54. The largest absolute Gasteiger partial charge is 0.481 e. The number of amides is 1. The lowest BCUT2D eigenvalue weighted by molar-refractivity contribution is -0.111. The highest BCUT2D eigenvalue weighted by atomic mass is 35.5. The Labute approximate surface area is 173 Å². The van der Waals surface area contributed by atoms with Crippen LogP contribution in [0.25, 0.3) is 0 Å². The highest BCUT2D eigenvalue weighted by Crippen LogP contribution is 2.30. The molecular weight excluding hydrogens is 392 g/mol. The van der Waals surface area contributed by atoms with Gasteiger partial charge in [-0.3, -0.25) is 4.79 Å². The summed E-state index contributed by atoms with van der Waals surface area (Å²) >= 11 is 6.26. The van der Waals surface area contributed by atoms with Gasteiger partial charge in [0.05, 0.1) is 24.7 Å². The number of carbonyl (C=O) groups excluding carboxylic acids is 1. The summed E-state index contributed by atoms with van der Waals surface area (Å²) in [5, 5.41) is 9.30. The first-order valence-corrected chi connectivity index (χ1v) is 8.97. The van der Waals surface area contributed by atoms with Gasteiger partial charge in [0.15, 0.2) is 5.82 Å². The number of methoxy groups -OCH3 is 1. The molecule has 1 amide bonds. The molecule has 0 fully saturated rings. The monoisotopic (exact) mass is 410 g/mol. The normalized spacial score (nSPS) is 10.2. The molecule has 9 heteroatoms. The van der Waals surface area contributed by atoms with E-state index in [1.807, 2.05) is 25.1 Å². The Morgan fingerprint density at radius 1 is 1.17 bits per heavy atom. The fourth-order valence-corrected chi connectivity index (χ4v) is 2.56. The van der Waals surface area contributed by atoms with Crippen LogP contribution in [0.15, 0.2) is 55.4 Å². The van der Waals surface area contributed by atoms with Crippen molar-refractivity contribution in [1.82, 2.24) is 15.0 Å². The minimum atomic E-state index is -0.318. The number of nitrogens with zero attached hydrogens (tertiary/aromatic N) is 3. The summed E-state index contributed by atoms with van der Waals surface area (Å²) in [6.07, 6.45) is 4.29. The van der Waals surface area contributed by atoms with Gasteiger partial charge in [-0.05, 0) is 36.8 Å². The third kappa shape index (κ3) is 5.20. The highest BCUT2D eigenvalue weighted by molar-refractivity contribution is 6.33. The van der Waals surface area contributed by atoms with Gasteiger partial charge < -0.3 is 20.7 Å². The summed E-state index contributed by atoms with van der Waals surface area (Å²) in [4.78, 5) is 24.4. The second-order valence-electron chi connectivity index (χ2n) is 5.97. The van der Waals surface area contributed by atoms with Crippen LogP contribution in [0.5, 0.6) is 5.88 Å². The molecule has 3 rings (SSSR count). The van der Waals surface area contributed by atoms with Gasteiger partial charge in [-0.2, -0.15) is 4.98 Å².